The molecule has 0 amide bonds. The van der Waals surface area contributed by atoms with E-state index in [1.165, 1.54) is 5.56 Å². The van der Waals surface area contributed by atoms with Crippen LogP contribution in [-0.2, 0) is 6.54 Å². The zero-order chi connectivity index (χ0) is 13.7. The molecule has 0 saturated carbocycles. The zero-order valence-corrected chi connectivity index (χ0v) is 12.3. The molecule has 0 radical (unpaired) electrons. The van der Waals surface area contributed by atoms with Crippen LogP contribution in [0.1, 0.15) is 31.9 Å². The normalized spacial score (nSPS) is 19.7. The van der Waals surface area contributed by atoms with Gasteiger partial charge in [0.1, 0.15) is 0 Å². The van der Waals surface area contributed by atoms with Crippen molar-refractivity contribution in [1.29, 1.82) is 0 Å². The zero-order valence-electron chi connectivity index (χ0n) is 12.3. The van der Waals surface area contributed by atoms with Crippen LogP contribution in [0.3, 0.4) is 0 Å². The van der Waals surface area contributed by atoms with E-state index in [0.29, 0.717) is 12.6 Å². The maximum absolute atomic E-state index is 5.99. The van der Waals surface area contributed by atoms with E-state index in [-0.39, 0.29) is 0 Å². The Balaban J connectivity index is 1.99. The van der Waals surface area contributed by atoms with E-state index in [1.54, 1.807) is 0 Å². The first-order chi connectivity index (χ1) is 9.28. The van der Waals surface area contributed by atoms with Crippen LogP contribution in [0.15, 0.2) is 12.4 Å². The topological polar surface area (TPSA) is 50.3 Å². The monoisotopic (exact) mass is 265 g/mol. The van der Waals surface area contributed by atoms with Gasteiger partial charge in [-0.1, -0.05) is 13.8 Å². The molecule has 1 aliphatic rings. The first kappa shape index (κ1) is 14.5. The molecule has 2 N–H and O–H groups in total. The molecular weight excluding hydrogens is 238 g/mol. The van der Waals surface area contributed by atoms with Crippen molar-refractivity contribution in [2.24, 2.45) is 5.73 Å². The van der Waals surface area contributed by atoms with E-state index in [9.17, 15) is 0 Å². The third-order valence-corrected chi connectivity index (χ3v) is 4.01. The number of hydrogen-bond acceptors (Lipinski definition) is 4. The largest absolute Gasteiger partial charge is 0.329 e. The Kier molecular flexibility index (Phi) is 5.36. The molecule has 1 aromatic rings. The van der Waals surface area contributed by atoms with Gasteiger partial charge in [-0.25, -0.2) is 0 Å². The van der Waals surface area contributed by atoms with Crippen LogP contribution in [0.4, 0.5) is 0 Å². The van der Waals surface area contributed by atoms with Gasteiger partial charge < -0.3 is 10.6 Å². The van der Waals surface area contributed by atoms with Crippen LogP contribution in [0.2, 0.25) is 0 Å². The number of aromatic nitrogens is 2. The lowest BCUT2D eigenvalue weighted by atomic mass is 10.1. The van der Waals surface area contributed by atoms with E-state index >= 15 is 0 Å². The van der Waals surface area contributed by atoms with Gasteiger partial charge >= 0.3 is 0 Å². The van der Waals surface area contributed by atoms with Gasteiger partial charge in [0.2, 0.25) is 0 Å². The Morgan fingerprint density at radius 3 is 2.58 bits per heavy atom. The average molecular weight is 265 g/mol. The molecule has 0 aliphatic carbocycles. The second kappa shape index (κ2) is 7.03. The number of nitrogens with two attached hydrogens (primary N) is 1. The second-order valence-electron chi connectivity index (χ2n) is 5.26. The van der Waals surface area contributed by atoms with Crippen molar-refractivity contribution in [2.45, 2.75) is 32.9 Å². The number of nitrogens with zero attached hydrogens (tertiary/aromatic N) is 4. The summed E-state index contributed by atoms with van der Waals surface area (Å²) in [6.07, 6.45) is 5.26. The number of likely N-dealkylation sites (N-methyl/N-ethyl adjacent to an activating group) is 1. The molecule has 19 heavy (non-hydrogen) atoms. The summed E-state index contributed by atoms with van der Waals surface area (Å²) in [6, 6.07) is 0.324. The van der Waals surface area contributed by atoms with Gasteiger partial charge in [0.15, 0.2) is 0 Å². The molecule has 2 rings (SSSR count). The maximum atomic E-state index is 5.99. The number of hydrogen-bond donors (Lipinski definition) is 1. The standard InChI is InChI=1S/C14H27N5/c1-3-5-19-12-13(11-16-19)14(10-15)18-8-6-17(4-2)7-9-18/h11-12,14H,3-10,15H2,1-2H3. The van der Waals surface area contributed by atoms with E-state index in [4.69, 9.17) is 5.73 Å². The van der Waals surface area contributed by atoms with Crippen molar-refractivity contribution >= 4 is 0 Å². The van der Waals surface area contributed by atoms with Crippen LogP contribution in [0, 0.1) is 0 Å². The Bertz CT molecular complexity index is 368. The van der Waals surface area contributed by atoms with Gasteiger partial charge in [0, 0.05) is 51.0 Å². The van der Waals surface area contributed by atoms with Crippen molar-refractivity contribution in [2.75, 3.05) is 39.3 Å². The highest BCUT2D eigenvalue weighted by Gasteiger charge is 2.24. The highest BCUT2D eigenvalue weighted by atomic mass is 15.3. The first-order valence-corrected chi connectivity index (χ1v) is 7.47. The highest BCUT2D eigenvalue weighted by Crippen LogP contribution is 2.20. The van der Waals surface area contributed by atoms with E-state index in [1.807, 2.05) is 10.9 Å². The van der Waals surface area contributed by atoms with Gasteiger partial charge in [0.05, 0.1) is 12.2 Å². The van der Waals surface area contributed by atoms with Gasteiger partial charge in [-0.15, -0.1) is 0 Å². The third-order valence-electron chi connectivity index (χ3n) is 4.01. The lowest BCUT2D eigenvalue weighted by molar-refractivity contribution is 0.102. The van der Waals surface area contributed by atoms with Gasteiger partial charge in [0.25, 0.3) is 0 Å². The van der Waals surface area contributed by atoms with Crippen LogP contribution < -0.4 is 5.73 Å². The fourth-order valence-corrected chi connectivity index (χ4v) is 2.79. The highest BCUT2D eigenvalue weighted by molar-refractivity contribution is 5.11. The Morgan fingerprint density at radius 2 is 2.00 bits per heavy atom. The Labute approximate surface area is 116 Å². The molecular formula is C14H27N5. The molecule has 1 saturated heterocycles. The minimum Gasteiger partial charge on any atom is -0.329 e. The number of aryl methyl sites for hydroxylation is 1. The van der Waals surface area contributed by atoms with E-state index < -0.39 is 0 Å². The summed E-state index contributed by atoms with van der Waals surface area (Å²) < 4.78 is 2.03. The molecule has 0 spiro atoms. The summed E-state index contributed by atoms with van der Waals surface area (Å²) in [7, 11) is 0. The fraction of sp³-hybridized carbons (Fsp3) is 0.786. The minimum absolute atomic E-state index is 0.324. The summed E-state index contributed by atoms with van der Waals surface area (Å²) >= 11 is 0. The third kappa shape index (κ3) is 3.55. The smallest absolute Gasteiger partial charge is 0.0538 e. The van der Waals surface area contributed by atoms with Crippen molar-refractivity contribution < 1.29 is 0 Å². The maximum Gasteiger partial charge on any atom is 0.0538 e. The lowest BCUT2D eigenvalue weighted by Crippen LogP contribution is -2.48. The summed E-state index contributed by atoms with van der Waals surface area (Å²) in [5, 5.41) is 4.42. The van der Waals surface area contributed by atoms with Crippen LogP contribution in [-0.4, -0.2) is 58.8 Å². The summed E-state index contributed by atoms with van der Waals surface area (Å²) in [4.78, 5) is 4.99. The van der Waals surface area contributed by atoms with E-state index in [2.05, 4.69) is 34.9 Å². The molecule has 1 unspecified atom stereocenters. The first-order valence-electron chi connectivity index (χ1n) is 7.47. The average Bonchev–Trinajstić information content (AvgIpc) is 2.89. The Hall–Kier alpha value is -0.910. The summed E-state index contributed by atoms with van der Waals surface area (Å²) in [5.74, 6) is 0. The van der Waals surface area contributed by atoms with Crippen LogP contribution in [0.25, 0.3) is 0 Å². The minimum atomic E-state index is 0.324. The lowest BCUT2D eigenvalue weighted by Gasteiger charge is -2.38. The predicted octanol–water partition coefficient (Wildman–Crippen LogP) is 0.930. The van der Waals surface area contributed by atoms with Gasteiger partial charge in [-0.05, 0) is 13.0 Å². The van der Waals surface area contributed by atoms with Crippen molar-refractivity contribution in [3.05, 3.63) is 18.0 Å². The van der Waals surface area contributed by atoms with Crippen molar-refractivity contribution in [3.8, 4) is 0 Å². The van der Waals surface area contributed by atoms with Crippen molar-refractivity contribution in [1.82, 2.24) is 19.6 Å². The van der Waals surface area contributed by atoms with Gasteiger partial charge in [-0.3, -0.25) is 9.58 Å². The quantitative estimate of drug-likeness (QED) is 0.831. The van der Waals surface area contributed by atoms with Crippen LogP contribution >= 0.6 is 0 Å². The molecule has 0 aromatic carbocycles. The van der Waals surface area contributed by atoms with Gasteiger partial charge in [-0.2, -0.15) is 5.10 Å². The molecule has 1 atom stereocenters. The van der Waals surface area contributed by atoms with Crippen molar-refractivity contribution in [3.63, 3.8) is 0 Å². The Morgan fingerprint density at radius 1 is 1.26 bits per heavy atom. The molecule has 5 heteroatoms. The van der Waals surface area contributed by atoms with Crippen LogP contribution in [0.5, 0.6) is 0 Å². The summed E-state index contributed by atoms with van der Waals surface area (Å²) in [6.45, 7) is 11.7. The molecule has 5 nitrogen and oxygen atoms in total. The SMILES string of the molecule is CCCn1cc(C(CN)N2CCN(CC)CC2)cn1. The fourth-order valence-electron chi connectivity index (χ4n) is 2.79. The summed E-state index contributed by atoms with van der Waals surface area (Å²) in [5.41, 5.74) is 7.26. The second-order valence-corrected chi connectivity index (χ2v) is 5.26. The molecule has 1 fully saturated rings. The predicted molar refractivity (Wildman–Crippen MR) is 78.0 cm³/mol. The molecule has 0 bridgehead atoms. The molecule has 108 valence electrons. The number of piperazine rings is 1. The van der Waals surface area contributed by atoms with E-state index in [0.717, 1.165) is 45.7 Å². The molecule has 2 heterocycles. The molecule has 1 aliphatic heterocycles. The molecule has 1 aromatic heterocycles. The number of rotatable bonds is 6.